The molecular weight excluding hydrogens is 264 g/mol. The van der Waals surface area contributed by atoms with Crippen molar-refractivity contribution in [2.75, 3.05) is 0 Å². The molecule has 0 amide bonds. The summed E-state index contributed by atoms with van der Waals surface area (Å²) in [5.41, 5.74) is 0.353. The van der Waals surface area contributed by atoms with Gasteiger partial charge in [-0.25, -0.2) is 13.5 Å². The summed E-state index contributed by atoms with van der Waals surface area (Å²) < 4.78 is 27.7. The van der Waals surface area contributed by atoms with Crippen LogP contribution in [0.4, 0.5) is 8.78 Å². The third kappa shape index (κ3) is 2.30. The van der Waals surface area contributed by atoms with E-state index in [1.54, 1.807) is 13.8 Å². The fourth-order valence-electron chi connectivity index (χ4n) is 1.84. The van der Waals surface area contributed by atoms with E-state index >= 15 is 0 Å². The molecule has 0 radical (unpaired) electrons. The highest BCUT2D eigenvalue weighted by Crippen LogP contribution is 2.12. The van der Waals surface area contributed by atoms with Crippen molar-refractivity contribution in [3.8, 4) is 6.07 Å². The fourth-order valence-corrected chi connectivity index (χ4v) is 1.84. The largest absolute Gasteiger partial charge is 0.285 e. The van der Waals surface area contributed by atoms with Gasteiger partial charge in [0.2, 0.25) is 0 Å². The average molecular weight is 275 g/mol. The molecule has 0 aliphatic rings. The Kier molecular flexibility index (Phi) is 3.61. The van der Waals surface area contributed by atoms with Crippen LogP contribution in [-0.4, -0.2) is 9.78 Å². The van der Waals surface area contributed by atoms with Gasteiger partial charge in [-0.2, -0.15) is 10.4 Å². The molecule has 20 heavy (non-hydrogen) atoms. The van der Waals surface area contributed by atoms with E-state index in [9.17, 15) is 13.6 Å². The van der Waals surface area contributed by atoms with Crippen molar-refractivity contribution in [3.63, 3.8) is 0 Å². The van der Waals surface area contributed by atoms with E-state index in [4.69, 9.17) is 5.26 Å². The zero-order chi connectivity index (χ0) is 14.9. The summed E-state index contributed by atoms with van der Waals surface area (Å²) in [6, 6.07) is 5.53. The van der Waals surface area contributed by atoms with Crippen LogP contribution >= 0.6 is 0 Å². The van der Waals surface area contributed by atoms with Crippen molar-refractivity contribution >= 4 is 0 Å². The van der Waals surface area contributed by atoms with Crippen LogP contribution in [0.2, 0.25) is 0 Å². The van der Waals surface area contributed by atoms with Crippen molar-refractivity contribution in [1.29, 1.82) is 5.26 Å². The van der Waals surface area contributed by atoms with Crippen molar-refractivity contribution in [2.24, 2.45) is 0 Å². The minimum absolute atomic E-state index is 0.00624. The molecule has 6 heteroatoms. The lowest BCUT2D eigenvalue weighted by Gasteiger charge is -2.09. The SMILES string of the molecule is Cc1nn(Cc2cccc(F)c2F)c(=O)c(C#N)c1C. The number of halogens is 2. The van der Waals surface area contributed by atoms with E-state index in [2.05, 4.69) is 5.10 Å². The minimum Gasteiger partial charge on any atom is -0.266 e. The summed E-state index contributed by atoms with van der Waals surface area (Å²) in [7, 11) is 0. The number of hydrogen-bond acceptors (Lipinski definition) is 3. The van der Waals surface area contributed by atoms with Crippen molar-refractivity contribution < 1.29 is 8.78 Å². The third-order valence-electron chi connectivity index (χ3n) is 3.10. The van der Waals surface area contributed by atoms with Gasteiger partial charge in [0.1, 0.15) is 11.6 Å². The normalized spacial score (nSPS) is 10.3. The molecule has 0 saturated carbocycles. The van der Waals surface area contributed by atoms with Gasteiger partial charge in [0.05, 0.1) is 12.2 Å². The monoisotopic (exact) mass is 275 g/mol. The molecule has 0 unspecified atom stereocenters. The van der Waals surface area contributed by atoms with E-state index < -0.39 is 17.2 Å². The Hall–Kier alpha value is -2.55. The minimum atomic E-state index is -1.02. The van der Waals surface area contributed by atoms with E-state index in [0.29, 0.717) is 11.3 Å². The van der Waals surface area contributed by atoms with Gasteiger partial charge in [-0.1, -0.05) is 12.1 Å². The quantitative estimate of drug-likeness (QED) is 0.843. The van der Waals surface area contributed by atoms with E-state index in [-0.39, 0.29) is 17.7 Å². The Morgan fingerprint density at radius 3 is 2.70 bits per heavy atom. The smallest absolute Gasteiger partial charge is 0.266 e. The molecule has 1 aromatic heterocycles. The van der Waals surface area contributed by atoms with Gasteiger partial charge in [0.25, 0.3) is 5.56 Å². The van der Waals surface area contributed by atoms with Gasteiger partial charge in [0.15, 0.2) is 11.6 Å². The molecule has 1 heterocycles. The Morgan fingerprint density at radius 1 is 1.35 bits per heavy atom. The van der Waals surface area contributed by atoms with Crippen LogP contribution in [0.15, 0.2) is 23.0 Å². The molecule has 0 aliphatic carbocycles. The number of nitrogens with zero attached hydrogens (tertiary/aromatic N) is 3. The molecule has 0 bridgehead atoms. The fraction of sp³-hybridized carbons (Fsp3) is 0.214. The van der Waals surface area contributed by atoms with Gasteiger partial charge in [-0.15, -0.1) is 0 Å². The molecule has 2 aromatic rings. The number of benzene rings is 1. The first-order valence-corrected chi connectivity index (χ1v) is 5.87. The molecule has 0 aliphatic heterocycles. The first kappa shape index (κ1) is 13.9. The van der Waals surface area contributed by atoms with Crippen LogP contribution in [0, 0.1) is 36.8 Å². The average Bonchev–Trinajstić information content (AvgIpc) is 2.42. The Labute approximate surface area is 113 Å². The summed E-state index contributed by atoms with van der Waals surface area (Å²) in [6.45, 7) is 3.04. The van der Waals surface area contributed by atoms with Gasteiger partial charge >= 0.3 is 0 Å². The van der Waals surface area contributed by atoms with E-state index in [0.717, 1.165) is 10.7 Å². The van der Waals surface area contributed by atoms with Crippen LogP contribution in [0.25, 0.3) is 0 Å². The van der Waals surface area contributed by atoms with Gasteiger partial charge in [-0.05, 0) is 25.5 Å². The summed E-state index contributed by atoms with van der Waals surface area (Å²) in [5, 5.41) is 13.0. The van der Waals surface area contributed by atoms with Crippen LogP contribution in [0.5, 0.6) is 0 Å². The molecule has 0 spiro atoms. The zero-order valence-electron chi connectivity index (χ0n) is 10.9. The highest BCUT2D eigenvalue weighted by Gasteiger charge is 2.14. The van der Waals surface area contributed by atoms with Gasteiger partial charge in [0, 0.05) is 5.56 Å². The lowest BCUT2D eigenvalue weighted by molar-refractivity contribution is 0.488. The van der Waals surface area contributed by atoms with Crippen molar-refractivity contribution in [1.82, 2.24) is 9.78 Å². The Balaban J connectivity index is 2.56. The second kappa shape index (κ2) is 5.21. The second-order valence-electron chi connectivity index (χ2n) is 4.37. The molecule has 0 fully saturated rings. The van der Waals surface area contributed by atoms with Gasteiger partial charge in [-0.3, -0.25) is 4.79 Å². The zero-order valence-corrected chi connectivity index (χ0v) is 10.9. The lowest BCUT2D eigenvalue weighted by atomic mass is 10.1. The lowest BCUT2D eigenvalue weighted by Crippen LogP contribution is -2.28. The second-order valence-corrected chi connectivity index (χ2v) is 4.37. The predicted molar refractivity (Wildman–Crippen MR) is 68.1 cm³/mol. The van der Waals surface area contributed by atoms with Crippen LogP contribution in [0.1, 0.15) is 22.4 Å². The first-order valence-electron chi connectivity index (χ1n) is 5.87. The standard InChI is InChI=1S/C14H11F2N3O/c1-8-9(2)18-19(14(20)11(8)6-17)7-10-4-3-5-12(15)13(10)16/h3-5H,7H2,1-2H3. The molecular formula is C14H11F2N3O. The van der Waals surface area contributed by atoms with Crippen LogP contribution in [0.3, 0.4) is 0 Å². The molecule has 102 valence electrons. The molecule has 0 N–H and O–H groups in total. The number of rotatable bonds is 2. The maximum Gasteiger partial charge on any atom is 0.285 e. The maximum atomic E-state index is 13.6. The number of hydrogen-bond donors (Lipinski definition) is 0. The molecule has 0 saturated heterocycles. The molecule has 2 rings (SSSR count). The van der Waals surface area contributed by atoms with E-state index in [1.807, 2.05) is 6.07 Å². The number of nitriles is 1. The molecule has 4 nitrogen and oxygen atoms in total. The summed E-state index contributed by atoms with van der Waals surface area (Å²) in [4.78, 5) is 12.0. The Bertz CT molecular complexity index is 775. The number of aryl methyl sites for hydroxylation is 1. The molecule has 1 aromatic carbocycles. The first-order chi connectivity index (χ1) is 9.45. The highest BCUT2D eigenvalue weighted by molar-refractivity contribution is 5.36. The molecule has 0 atom stereocenters. The Morgan fingerprint density at radius 2 is 2.05 bits per heavy atom. The predicted octanol–water partition coefficient (Wildman–Crippen LogP) is 2.06. The topological polar surface area (TPSA) is 58.7 Å². The number of aromatic nitrogens is 2. The van der Waals surface area contributed by atoms with Gasteiger partial charge < -0.3 is 0 Å². The van der Waals surface area contributed by atoms with Crippen LogP contribution in [-0.2, 0) is 6.54 Å². The van der Waals surface area contributed by atoms with Crippen molar-refractivity contribution in [3.05, 3.63) is 62.6 Å². The summed E-state index contributed by atoms with van der Waals surface area (Å²) in [6.07, 6.45) is 0. The highest BCUT2D eigenvalue weighted by atomic mass is 19.2. The summed E-state index contributed by atoms with van der Waals surface area (Å²) in [5.74, 6) is -2.00. The van der Waals surface area contributed by atoms with E-state index in [1.165, 1.54) is 12.1 Å². The summed E-state index contributed by atoms with van der Waals surface area (Å²) >= 11 is 0. The maximum absolute atomic E-state index is 13.6. The van der Waals surface area contributed by atoms with Crippen molar-refractivity contribution in [2.45, 2.75) is 20.4 Å². The van der Waals surface area contributed by atoms with Crippen LogP contribution < -0.4 is 5.56 Å². The third-order valence-corrected chi connectivity index (χ3v) is 3.10.